The first-order valence-corrected chi connectivity index (χ1v) is 7.15. The van der Waals surface area contributed by atoms with Gasteiger partial charge in [-0.3, -0.25) is 4.98 Å². The van der Waals surface area contributed by atoms with E-state index in [1.54, 1.807) is 0 Å². The minimum atomic E-state index is -3.48. The predicted molar refractivity (Wildman–Crippen MR) is 65.8 cm³/mol. The zero-order chi connectivity index (χ0) is 12.5. The Morgan fingerprint density at radius 3 is 2.94 bits per heavy atom. The van der Waals surface area contributed by atoms with Crippen LogP contribution in [0.2, 0.25) is 0 Å². The molecule has 1 atom stereocenters. The third kappa shape index (κ3) is 2.42. The molecule has 1 unspecified atom stereocenters. The SMILES string of the molecule is CC1CCCN(S(=O)(=O)c2cnccc2N)C1. The highest BCUT2D eigenvalue weighted by Crippen LogP contribution is 2.25. The molecule has 2 N–H and O–H groups in total. The summed E-state index contributed by atoms with van der Waals surface area (Å²) in [6.45, 7) is 3.20. The number of pyridine rings is 1. The number of aromatic nitrogens is 1. The molecule has 1 aromatic rings. The number of hydrogen-bond donors (Lipinski definition) is 1. The zero-order valence-electron chi connectivity index (χ0n) is 9.83. The Balaban J connectivity index is 2.33. The number of nitrogen functional groups attached to an aromatic ring is 1. The average molecular weight is 255 g/mol. The van der Waals surface area contributed by atoms with Crippen molar-refractivity contribution < 1.29 is 8.42 Å². The first-order chi connectivity index (χ1) is 8.01. The highest BCUT2D eigenvalue weighted by Gasteiger charge is 2.30. The number of piperidine rings is 1. The molecule has 0 radical (unpaired) electrons. The summed E-state index contributed by atoms with van der Waals surface area (Å²) in [6, 6.07) is 1.51. The number of sulfonamides is 1. The summed E-state index contributed by atoms with van der Waals surface area (Å²) < 4.78 is 26.2. The zero-order valence-corrected chi connectivity index (χ0v) is 10.7. The van der Waals surface area contributed by atoms with Gasteiger partial charge in [0.15, 0.2) is 0 Å². The topological polar surface area (TPSA) is 76.3 Å². The van der Waals surface area contributed by atoms with E-state index in [1.807, 2.05) is 0 Å². The van der Waals surface area contributed by atoms with Gasteiger partial charge in [0.25, 0.3) is 0 Å². The maximum Gasteiger partial charge on any atom is 0.246 e. The van der Waals surface area contributed by atoms with Gasteiger partial charge in [-0.25, -0.2) is 8.42 Å². The van der Waals surface area contributed by atoms with Crippen LogP contribution in [-0.4, -0.2) is 30.8 Å². The van der Waals surface area contributed by atoms with Crippen molar-refractivity contribution in [2.24, 2.45) is 5.92 Å². The summed E-state index contributed by atoms with van der Waals surface area (Å²) >= 11 is 0. The number of rotatable bonds is 2. The molecule has 6 heteroatoms. The Hall–Kier alpha value is -1.14. The fourth-order valence-corrected chi connectivity index (χ4v) is 3.77. The van der Waals surface area contributed by atoms with Crippen LogP contribution in [0.3, 0.4) is 0 Å². The van der Waals surface area contributed by atoms with Crippen LogP contribution in [0.25, 0.3) is 0 Å². The molecule has 5 nitrogen and oxygen atoms in total. The van der Waals surface area contributed by atoms with Gasteiger partial charge in [-0.2, -0.15) is 4.31 Å². The van der Waals surface area contributed by atoms with Gasteiger partial charge in [-0.15, -0.1) is 0 Å². The van der Waals surface area contributed by atoms with Crippen LogP contribution < -0.4 is 5.73 Å². The summed E-state index contributed by atoms with van der Waals surface area (Å²) in [5, 5.41) is 0. The Morgan fingerprint density at radius 1 is 1.53 bits per heavy atom. The van der Waals surface area contributed by atoms with Crippen LogP contribution in [0.15, 0.2) is 23.4 Å². The third-order valence-electron chi connectivity index (χ3n) is 3.05. The summed E-state index contributed by atoms with van der Waals surface area (Å²) in [5.74, 6) is 0.399. The van der Waals surface area contributed by atoms with Crippen LogP contribution in [-0.2, 0) is 10.0 Å². The Kier molecular flexibility index (Phi) is 3.35. The summed E-state index contributed by atoms with van der Waals surface area (Å²) in [7, 11) is -3.48. The molecular formula is C11H17N3O2S. The van der Waals surface area contributed by atoms with Crippen LogP contribution >= 0.6 is 0 Å². The molecule has 94 valence electrons. The van der Waals surface area contributed by atoms with E-state index in [0.29, 0.717) is 19.0 Å². The summed E-state index contributed by atoms with van der Waals surface area (Å²) in [6.07, 6.45) is 4.80. The van der Waals surface area contributed by atoms with Crippen molar-refractivity contribution in [3.63, 3.8) is 0 Å². The predicted octanol–water partition coefficient (Wildman–Crippen LogP) is 1.08. The maximum atomic E-state index is 12.4. The molecule has 0 bridgehead atoms. The van der Waals surface area contributed by atoms with Crippen LogP contribution in [0.5, 0.6) is 0 Å². The molecule has 1 aliphatic heterocycles. The molecule has 0 aromatic carbocycles. The maximum absolute atomic E-state index is 12.4. The highest BCUT2D eigenvalue weighted by molar-refractivity contribution is 7.89. The lowest BCUT2D eigenvalue weighted by Crippen LogP contribution is -2.39. The van der Waals surface area contributed by atoms with E-state index >= 15 is 0 Å². The molecule has 0 spiro atoms. The first-order valence-electron chi connectivity index (χ1n) is 5.71. The number of nitrogens with two attached hydrogens (primary N) is 1. The fraction of sp³-hybridized carbons (Fsp3) is 0.545. The van der Waals surface area contributed by atoms with Crippen molar-refractivity contribution in [1.29, 1.82) is 0 Å². The number of anilines is 1. The molecule has 2 heterocycles. The minimum absolute atomic E-state index is 0.120. The third-order valence-corrected chi connectivity index (χ3v) is 4.96. The van der Waals surface area contributed by atoms with Gasteiger partial charge in [0.2, 0.25) is 10.0 Å². The lowest BCUT2D eigenvalue weighted by molar-refractivity contribution is 0.281. The van der Waals surface area contributed by atoms with Crippen LogP contribution in [0.4, 0.5) is 5.69 Å². The summed E-state index contributed by atoms with van der Waals surface area (Å²) in [4.78, 5) is 3.96. The molecule has 2 rings (SSSR count). The Morgan fingerprint density at radius 2 is 2.29 bits per heavy atom. The normalized spacial score (nSPS) is 22.5. The highest BCUT2D eigenvalue weighted by atomic mass is 32.2. The van der Waals surface area contributed by atoms with Crippen LogP contribution in [0, 0.1) is 5.92 Å². The molecule has 1 aromatic heterocycles. The molecule has 1 aliphatic rings. The molecular weight excluding hydrogens is 238 g/mol. The van der Waals surface area contributed by atoms with E-state index in [2.05, 4.69) is 11.9 Å². The van der Waals surface area contributed by atoms with Crippen molar-refractivity contribution in [3.8, 4) is 0 Å². The fourth-order valence-electron chi connectivity index (χ4n) is 2.11. The van der Waals surface area contributed by atoms with E-state index in [4.69, 9.17) is 5.73 Å². The van der Waals surface area contributed by atoms with Gasteiger partial charge in [0.1, 0.15) is 4.90 Å². The Labute approximate surface area is 102 Å². The minimum Gasteiger partial charge on any atom is -0.398 e. The lowest BCUT2D eigenvalue weighted by atomic mass is 10.0. The van der Waals surface area contributed by atoms with Gasteiger partial charge < -0.3 is 5.73 Å². The molecule has 0 aliphatic carbocycles. The van der Waals surface area contributed by atoms with E-state index in [9.17, 15) is 8.42 Å². The van der Waals surface area contributed by atoms with E-state index in [1.165, 1.54) is 22.8 Å². The number of nitrogens with zero attached hydrogens (tertiary/aromatic N) is 2. The van der Waals surface area contributed by atoms with Crippen molar-refractivity contribution in [3.05, 3.63) is 18.5 Å². The van der Waals surface area contributed by atoms with Gasteiger partial charge >= 0.3 is 0 Å². The van der Waals surface area contributed by atoms with Gasteiger partial charge in [-0.05, 0) is 24.8 Å². The van der Waals surface area contributed by atoms with E-state index < -0.39 is 10.0 Å². The molecule has 0 saturated carbocycles. The van der Waals surface area contributed by atoms with Crippen molar-refractivity contribution in [2.75, 3.05) is 18.8 Å². The van der Waals surface area contributed by atoms with Crippen molar-refractivity contribution in [2.45, 2.75) is 24.7 Å². The van der Waals surface area contributed by atoms with Gasteiger partial charge in [0.05, 0.1) is 5.69 Å². The van der Waals surface area contributed by atoms with Gasteiger partial charge in [0, 0.05) is 25.5 Å². The van der Waals surface area contributed by atoms with E-state index in [-0.39, 0.29) is 10.6 Å². The quantitative estimate of drug-likeness (QED) is 0.858. The first kappa shape index (κ1) is 12.3. The summed E-state index contributed by atoms with van der Waals surface area (Å²) in [5.41, 5.74) is 5.96. The standard InChI is InChI=1S/C11H17N3O2S/c1-9-3-2-6-14(8-9)17(15,16)11-7-13-5-4-10(11)12/h4-5,7,9H,2-3,6,8H2,1H3,(H2,12,13). The number of hydrogen-bond acceptors (Lipinski definition) is 4. The second-order valence-corrected chi connectivity index (χ2v) is 6.43. The molecule has 1 fully saturated rings. The average Bonchev–Trinajstić information content (AvgIpc) is 2.29. The lowest BCUT2D eigenvalue weighted by Gasteiger charge is -2.30. The Bertz CT molecular complexity index is 501. The second-order valence-electron chi connectivity index (χ2n) is 4.52. The molecule has 17 heavy (non-hydrogen) atoms. The monoisotopic (exact) mass is 255 g/mol. The van der Waals surface area contributed by atoms with E-state index in [0.717, 1.165) is 12.8 Å². The van der Waals surface area contributed by atoms with Crippen LogP contribution in [0.1, 0.15) is 19.8 Å². The second kappa shape index (κ2) is 4.62. The van der Waals surface area contributed by atoms with Crippen molar-refractivity contribution >= 4 is 15.7 Å². The smallest absolute Gasteiger partial charge is 0.246 e. The van der Waals surface area contributed by atoms with Gasteiger partial charge in [-0.1, -0.05) is 6.92 Å². The molecule has 1 saturated heterocycles. The molecule has 0 amide bonds. The largest absolute Gasteiger partial charge is 0.398 e. The van der Waals surface area contributed by atoms with Crippen molar-refractivity contribution in [1.82, 2.24) is 9.29 Å².